The van der Waals surface area contributed by atoms with Crippen molar-refractivity contribution >= 4 is 16.7 Å². The largest absolute Gasteiger partial charge is 0.294 e. The van der Waals surface area contributed by atoms with Crippen LogP contribution in [0.15, 0.2) is 47.3 Å². The monoisotopic (exact) mass is 401 g/mol. The summed E-state index contributed by atoms with van der Waals surface area (Å²) in [6.07, 6.45) is 5.44. The highest BCUT2D eigenvalue weighted by molar-refractivity contribution is 5.94. The fourth-order valence-electron chi connectivity index (χ4n) is 5.40. The Bertz CT molecular complexity index is 1200. The summed E-state index contributed by atoms with van der Waals surface area (Å²) in [5.41, 5.74) is 6.49. The van der Waals surface area contributed by atoms with E-state index >= 15 is 0 Å². The van der Waals surface area contributed by atoms with E-state index in [9.17, 15) is 9.59 Å². The van der Waals surface area contributed by atoms with Crippen molar-refractivity contribution in [3.05, 3.63) is 63.9 Å². The van der Waals surface area contributed by atoms with Crippen molar-refractivity contribution < 1.29 is 4.79 Å². The number of hydrogen-bond acceptors (Lipinski definition) is 3. The number of nitrogens with zero attached hydrogens (tertiary/aromatic N) is 2. The van der Waals surface area contributed by atoms with Crippen molar-refractivity contribution in [2.24, 2.45) is 17.8 Å². The average Bonchev–Trinajstić information content (AvgIpc) is 3.35. The molecule has 3 aromatic rings. The van der Waals surface area contributed by atoms with Crippen LogP contribution in [0.3, 0.4) is 0 Å². The lowest BCUT2D eigenvalue weighted by Gasteiger charge is -2.21. The molecule has 0 saturated heterocycles. The lowest BCUT2D eigenvalue weighted by molar-refractivity contribution is -0.118. The first kappa shape index (κ1) is 19.0. The van der Waals surface area contributed by atoms with E-state index in [0.29, 0.717) is 29.3 Å². The van der Waals surface area contributed by atoms with Gasteiger partial charge in [-0.2, -0.15) is 0 Å². The van der Waals surface area contributed by atoms with Gasteiger partial charge in [-0.15, -0.1) is 9.89 Å². The molecule has 2 bridgehead atoms. The second-order valence-electron chi connectivity index (χ2n) is 9.08. The molecule has 1 aromatic heterocycles. The zero-order chi connectivity index (χ0) is 20.8. The number of amides is 1. The van der Waals surface area contributed by atoms with E-state index in [1.807, 2.05) is 24.3 Å². The summed E-state index contributed by atoms with van der Waals surface area (Å²) in [6, 6.07) is 13.6. The van der Waals surface area contributed by atoms with Gasteiger partial charge >= 0.3 is 0 Å². The van der Waals surface area contributed by atoms with E-state index in [-0.39, 0.29) is 11.5 Å². The van der Waals surface area contributed by atoms with Crippen molar-refractivity contribution in [1.29, 1.82) is 0 Å². The van der Waals surface area contributed by atoms with Crippen LogP contribution < -0.4 is 11.0 Å². The fourth-order valence-corrected chi connectivity index (χ4v) is 5.40. The van der Waals surface area contributed by atoms with E-state index in [0.717, 1.165) is 33.6 Å². The second kappa shape index (κ2) is 7.38. The molecule has 2 fully saturated rings. The third-order valence-corrected chi connectivity index (χ3v) is 7.15. The molecule has 2 aromatic carbocycles. The number of hydrogen-bond donors (Lipinski definition) is 1. The van der Waals surface area contributed by atoms with E-state index in [4.69, 9.17) is 0 Å². The van der Waals surface area contributed by atoms with E-state index in [1.165, 1.54) is 24.8 Å². The Hall–Kier alpha value is -2.95. The Morgan fingerprint density at radius 3 is 2.57 bits per heavy atom. The smallest absolute Gasteiger partial charge is 0.273 e. The minimum atomic E-state index is -0.292. The predicted molar refractivity (Wildman–Crippen MR) is 119 cm³/mol. The Kier molecular flexibility index (Phi) is 4.69. The van der Waals surface area contributed by atoms with Gasteiger partial charge in [-0.3, -0.25) is 9.59 Å². The summed E-state index contributed by atoms with van der Waals surface area (Å²) in [5, 5.41) is 5.93. The minimum absolute atomic E-state index is 0.122. The molecular weight excluding hydrogens is 374 g/mol. The molecule has 0 aliphatic heterocycles. The molecule has 1 amide bonds. The van der Waals surface area contributed by atoms with Crippen molar-refractivity contribution in [1.82, 2.24) is 9.89 Å². The summed E-state index contributed by atoms with van der Waals surface area (Å²) in [5.74, 6) is 1.79. The van der Waals surface area contributed by atoms with Crippen LogP contribution in [0.1, 0.15) is 43.2 Å². The first-order valence-electron chi connectivity index (χ1n) is 10.9. The van der Waals surface area contributed by atoms with Gasteiger partial charge in [-0.1, -0.05) is 36.8 Å². The number of carbonyl (C=O) groups is 1. The molecule has 30 heavy (non-hydrogen) atoms. The van der Waals surface area contributed by atoms with Crippen LogP contribution in [-0.4, -0.2) is 15.8 Å². The van der Waals surface area contributed by atoms with E-state index in [2.05, 4.69) is 36.5 Å². The Morgan fingerprint density at radius 2 is 1.87 bits per heavy atom. The molecule has 0 spiro atoms. The molecule has 5 heteroatoms. The highest BCUT2D eigenvalue weighted by atomic mass is 16.2. The molecule has 154 valence electrons. The van der Waals surface area contributed by atoms with Gasteiger partial charge in [-0.25, -0.2) is 5.43 Å². The Labute approximate surface area is 176 Å². The summed E-state index contributed by atoms with van der Waals surface area (Å²) in [4.78, 5) is 26.9. The van der Waals surface area contributed by atoms with Gasteiger partial charge in [0.05, 0.1) is 5.39 Å². The van der Waals surface area contributed by atoms with Gasteiger partial charge in [0.15, 0.2) is 0 Å². The van der Waals surface area contributed by atoms with Crippen LogP contribution in [0.2, 0.25) is 0 Å². The first-order valence-corrected chi connectivity index (χ1v) is 10.9. The number of nitrogens with one attached hydrogen (secondary N) is 1. The molecular formula is C25H27N3O2. The van der Waals surface area contributed by atoms with Gasteiger partial charge in [0.1, 0.15) is 5.69 Å². The lowest BCUT2D eigenvalue weighted by atomic mass is 9.86. The zero-order valence-corrected chi connectivity index (χ0v) is 17.5. The summed E-state index contributed by atoms with van der Waals surface area (Å²) >= 11 is 0. The van der Waals surface area contributed by atoms with Crippen LogP contribution >= 0.6 is 0 Å². The summed E-state index contributed by atoms with van der Waals surface area (Å²) < 4.78 is 0. The quantitative estimate of drug-likeness (QED) is 0.696. The maximum absolute atomic E-state index is 13.0. The van der Waals surface area contributed by atoms with Crippen molar-refractivity contribution in [3.8, 4) is 11.3 Å². The zero-order valence-electron chi connectivity index (χ0n) is 17.5. The number of fused-ring (bicyclic) bond motifs is 3. The third kappa shape index (κ3) is 3.32. The van der Waals surface area contributed by atoms with Gasteiger partial charge in [0.25, 0.3) is 5.56 Å². The standard InChI is InChI=1S/C25H27N3O2/c1-15-7-9-19(11-16(15)2)24-21-5-3-4-6-22(21)25(30)28(27-24)26-23(29)14-20-13-17-8-10-18(20)12-17/h3-7,9,11,17-18,20H,8,10,12-14H2,1-2H3,(H,26,29)/t17-,18+,20-/m1/s1. The highest BCUT2D eigenvalue weighted by Crippen LogP contribution is 2.49. The number of aryl methyl sites for hydroxylation is 2. The molecule has 2 aliphatic carbocycles. The maximum atomic E-state index is 13.0. The van der Waals surface area contributed by atoms with Crippen LogP contribution in [0.4, 0.5) is 0 Å². The Morgan fingerprint density at radius 1 is 1.07 bits per heavy atom. The van der Waals surface area contributed by atoms with Crippen molar-refractivity contribution in [3.63, 3.8) is 0 Å². The van der Waals surface area contributed by atoms with E-state index < -0.39 is 0 Å². The summed E-state index contributed by atoms with van der Waals surface area (Å²) in [6.45, 7) is 4.13. The molecule has 2 aliphatic rings. The van der Waals surface area contributed by atoms with Crippen LogP contribution in [0.5, 0.6) is 0 Å². The molecule has 0 unspecified atom stereocenters. The molecule has 5 nitrogen and oxygen atoms in total. The van der Waals surface area contributed by atoms with Crippen molar-refractivity contribution in [2.75, 3.05) is 5.43 Å². The van der Waals surface area contributed by atoms with Crippen LogP contribution in [0.25, 0.3) is 22.0 Å². The molecule has 1 N–H and O–H groups in total. The number of benzene rings is 2. The molecule has 1 heterocycles. The van der Waals surface area contributed by atoms with Crippen molar-refractivity contribution in [2.45, 2.75) is 46.0 Å². The average molecular weight is 402 g/mol. The topological polar surface area (TPSA) is 64.0 Å². The molecule has 5 rings (SSSR count). The van der Waals surface area contributed by atoms with E-state index in [1.54, 1.807) is 6.07 Å². The summed E-state index contributed by atoms with van der Waals surface area (Å²) in [7, 11) is 0. The van der Waals surface area contributed by atoms with Gasteiger partial charge in [0.2, 0.25) is 5.91 Å². The van der Waals surface area contributed by atoms with Gasteiger partial charge in [-0.05, 0) is 74.1 Å². The first-order chi connectivity index (χ1) is 14.5. The van der Waals surface area contributed by atoms with Crippen LogP contribution in [-0.2, 0) is 4.79 Å². The molecule has 0 radical (unpaired) electrons. The predicted octanol–water partition coefficient (Wildman–Crippen LogP) is 4.58. The lowest BCUT2D eigenvalue weighted by Crippen LogP contribution is -2.36. The Balaban J connectivity index is 1.50. The SMILES string of the molecule is Cc1ccc(-c2nn(NC(=O)C[C@H]3C[C@@H]4CC[C@H]3C4)c(=O)c3ccccc23)cc1C. The third-order valence-electron chi connectivity index (χ3n) is 7.15. The molecule has 3 atom stereocenters. The second-order valence-corrected chi connectivity index (χ2v) is 9.08. The molecule has 2 saturated carbocycles. The van der Waals surface area contributed by atoms with Crippen LogP contribution in [0, 0.1) is 31.6 Å². The highest BCUT2D eigenvalue weighted by Gasteiger charge is 2.40. The normalized spacial score (nSPS) is 22.5. The maximum Gasteiger partial charge on any atom is 0.294 e. The number of rotatable bonds is 4. The fraction of sp³-hybridized carbons (Fsp3) is 0.400. The van der Waals surface area contributed by atoms with Gasteiger partial charge in [0, 0.05) is 17.4 Å². The van der Waals surface area contributed by atoms with Gasteiger partial charge < -0.3 is 0 Å². The number of carbonyl (C=O) groups excluding carboxylic acids is 1. The minimum Gasteiger partial charge on any atom is -0.273 e. The number of aromatic nitrogens is 2.